The Bertz CT molecular complexity index is 1180. The fourth-order valence-corrected chi connectivity index (χ4v) is 5.49. The summed E-state index contributed by atoms with van der Waals surface area (Å²) in [5.74, 6) is -0.295. The van der Waals surface area contributed by atoms with Crippen molar-refractivity contribution >= 4 is 32.6 Å². The highest BCUT2D eigenvalue weighted by atomic mass is 32.2. The maximum Gasteiger partial charge on any atom is 0.291 e. The molecule has 2 aromatic carbocycles. The van der Waals surface area contributed by atoms with Gasteiger partial charge in [-0.15, -0.1) is 0 Å². The van der Waals surface area contributed by atoms with Crippen molar-refractivity contribution in [3.8, 4) is 0 Å². The fourth-order valence-electron chi connectivity index (χ4n) is 3.92. The minimum atomic E-state index is -3.61. The molecule has 1 aliphatic heterocycles. The number of amides is 1. The average molecular weight is 443 g/mol. The van der Waals surface area contributed by atoms with Crippen LogP contribution >= 0.6 is 0 Å². The molecule has 1 aromatic heterocycles. The van der Waals surface area contributed by atoms with Crippen LogP contribution in [-0.2, 0) is 21.4 Å². The number of para-hydroxylation sites is 1. The molecule has 8 heteroatoms. The number of benzene rings is 2. The Morgan fingerprint density at radius 2 is 1.81 bits per heavy atom. The quantitative estimate of drug-likeness (QED) is 0.611. The van der Waals surface area contributed by atoms with E-state index < -0.39 is 15.9 Å². The Hall–Kier alpha value is -2.68. The van der Waals surface area contributed by atoms with Crippen LogP contribution in [0.25, 0.3) is 11.0 Å². The standard InChI is InChI=1S/C23H26N2O5S/c1-29-16-20-19-11-4-5-12-21(19)30-22(20)23(26)24-17-9-8-10-18(15-17)31(27,28)25-13-6-2-3-7-14-25/h4-5,8-12,15H,2-3,6-7,13-14,16H2,1H3,(H,24,26). The highest BCUT2D eigenvalue weighted by molar-refractivity contribution is 7.89. The van der Waals surface area contributed by atoms with Crippen molar-refractivity contribution in [2.24, 2.45) is 0 Å². The van der Waals surface area contributed by atoms with Gasteiger partial charge in [-0.05, 0) is 37.1 Å². The zero-order valence-electron chi connectivity index (χ0n) is 17.5. The maximum absolute atomic E-state index is 13.1. The maximum atomic E-state index is 13.1. The number of ether oxygens (including phenoxy) is 1. The number of furan rings is 1. The number of nitrogens with zero attached hydrogens (tertiary/aromatic N) is 1. The molecule has 1 N–H and O–H groups in total. The smallest absolute Gasteiger partial charge is 0.291 e. The second-order valence-corrected chi connectivity index (χ2v) is 9.58. The van der Waals surface area contributed by atoms with Gasteiger partial charge in [0.2, 0.25) is 10.0 Å². The lowest BCUT2D eigenvalue weighted by Crippen LogP contribution is -2.32. The van der Waals surface area contributed by atoms with Crippen LogP contribution in [0.4, 0.5) is 5.69 Å². The van der Waals surface area contributed by atoms with Crippen LogP contribution < -0.4 is 5.32 Å². The zero-order valence-corrected chi connectivity index (χ0v) is 18.3. The Morgan fingerprint density at radius 3 is 2.55 bits per heavy atom. The van der Waals surface area contributed by atoms with Crippen LogP contribution in [-0.4, -0.2) is 38.8 Å². The van der Waals surface area contributed by atoms with E-state index in [0.717, 1.165) is 31.1 Å². The number of anilines is 1. The summed E-state index contributed by atoms with van der Waals surface area (Å²) in [4.78, 5) is 13.1. The number of carbonyl (C=O) groups excluding carboxylic acids is 1. The third kappa shape index (κ3) is 4.51. The molecule has 0 bridgehead atoms. The second kappa shape index (κ2) is 9.21. The van der Waals surface area contributed by atoms with Gasteiger partial charge < -0.3 is 14.5 Å². The van der Waals surface area contributed by atoms with E-state index in [1.54, 1.807) is 31.4 Å². The van der Waals surface area contributed by atoms with Crippen molar-refractivity contribution < 1.29 is 22.4 Å². The van der Waals surface area contributed by atoms with Crippen molar-refractivity contribution in [2.45, 2.75) is 37.2 Å². The summed E-state index contributed by atoms with van der Waals surface area (Å²) < 4.78 is 38.7. The molecule has 1 saturated heterocycles. The fraction of sp³-hybridized carbons (Fsp3) is 0.348. The molecule has 0 radical (unpaired) electrons. The molecule has 7 nitrogen and oxygen atoms in total. The van der Waals surface area contributed by atoms with Crippen molar-refractivity contribution in [3.63, 3.8) is 0 Å². The molecule has 4 rings (SSSR count). The van der Waals surface area contributed by atoms with E-state index in [1.165, 1.54) is 10.4 Å². The van der Waals surface area contributed by atoms with E-state index in [2.05, 4.69) is 5.32 Å². The molecule has 2 heterocycles. The lowest BCUT2D eigenvalue weighted by atomic mass is 10.1. The van der Waals surface area contributed by atoms with Gasteiger partial charge in [0.15, 0.2) is 5.76 Å². The van der Waals surface area contributed by atoms with E-state index in [9.17, 15) is 13.2 Å². The molecule has 0 aliphatic carbocycles. The van der Waals surface area contributed by atoms with Crippen molar-refractivity contribution in [1.29, 1.82) is 0 Å². The first-order valence-electron chi connectivity index (χ1n) is 10.4. The lowest BCUT2D eigenvalue weighted by molar-refractivity contribution is 0.0992. The van der Waals surface area contributed by atoms with Gasteiger partial charge in [0.1, 0.15) is 5.58 Å². The molecule has 31 heavy (non-hydrogen) atoms. The third-order valence-corrected chi connectivity index (χ3v) is 7.38. The minimum Gasteiger partial charge on any atom is -0.451 e. The molecule has 3 aromatic rings. The van der Waals surface area contributed by atoms with Gasteiger partial charge in [0.25, 0.3) is 5.91 Å². The molecule has 0 saturated carbocycles. The summed E-state index contributed by atoms with van der Waals surface area (Å²) in [6, 6.07) is 13.7. The number of rotatable bonds is 6. The highest BCUT2D eigenvalue weighted by Crippen LogP contribution is 2.28. The van der Waals surface area contributed by atoms with Gasteiger partial charge in [-0.2, -0.15) is 4.31 Å². The number of hydrogen-bond donors (Lipinski definition) is 1. The second-order valence-electron chi connectivity index (χ2n) is 7.64. The van der Waals surface area contributed by atoms with Crippen LogP contribution in [0, 0.1) is 0 Å². The van der Waals surface area contributed by atoms with Gasteiger partial charge in [0.05, 0.1) is 11.5 Å². The van der Waals surface area contributed by atoms with Gasteiger partial charge in [-0.3, -0.25) is 4.79 Å². The van der Waals surface area contributed by atoms with Gasteiger partial charge >= 0.3 is 0 Å². The number of carbonyl (C=O) groups is 1. The average Bonchev–Trinajstić information content (AvgIpc) is 2.93. The molecule has 0 spiro atoms. The van der Waals surface area contributed by atoms with Gasteiger partial charge in [0, 0.05) is 36.8 Å². The molecule has 1 amide bonds. The number of fused-ring (bicyclic) bond motifs is 1. The Morgan fingerprint density at radius 1 is 1.06 bits per heavy atom. The monoisotopic (exact) mass is 442 g/mol. The molecule has 1 aliphatic rings. The first kappa shape index (κ1) is 21.5. The van der Waals surface area contributed by atoms with Crippen molar-refractivity contribution in [1.82, 2.24) is 4.31 Å². The SMILES string of the molecule is COCc1c(C(=O)Nc2cccc(S(=O)(=O)N3CCCCCC3)c2)oc2ccccc12. The summed E-state index contributed by atoms with van der Waals surface area (Å²) >= 11 is 0. The predicted molar refractivity (Wildman–Crippen MR) is 119 cm³/mol. The molecular formula is C23H26N2O5S. The number of hydrogen-bond acceptors (Lipinski definition) is 5. The third-order valence-electron chi connectivity index (χ3n) is 5.49. The minimum absolute atomic E-state index is 0.156. The van der Waals surface area contributed by atoms with Gasteiger partial charge in [-0.1, -0.05) is 37.1 Å². The van der Waals surface area contributed by atoms with Crippen LogP contribution in [0.15, 0.2) is 57.8 Å². The van der Waals surface area contributed by atoms with Crippen molar-refractivity contribution in [3.05, 3.63) is 59.9 Å². The molecular weight excluding hydrogens is 416 g/mol. The first-order chi connectivity index (χ1) is 15.0. The highest BCUT2D eigenvalue weighted by Gasteiger charge is 2.26. The molecule has 164 valence electrons. The normalized spacial score (nSPS) is 15.6. The Labute approximate surface area is 182 Å². The van der Waals surface area contributed by atoms with Crippen molar-refractivity contribution in [2.75, 3.05) is 25.5 Å². The zero-order chi connectivity index (χ0) is 21.8. The summed E-state index contributed by atoms with van der Waals surface area (Å²) in [5, 5.41) is 3.59. The summed E-state index contributed by atoms with van der Waals surface area (Å²) in [6.07, 6.45) is 3.82. The molecule has 0 atom stereocenters. The topological polar surface area (TPSA) is 88.8 Å². The number of nitrogens with one attached hydrogen (secondary N) is 1. The van der Waals surface area contributed by atoms with E-state index in [-0.39, 0.29) is 17.3 Å². The predicted octanol–water partition coefficient (Wildman–Crippen LogP) is 4.40. The van der Waals surface area contributed by atoms with Crippen LogP contribution in [0.3, 0.4) is 0 Å². The van der Waals surface area contributed by atoms with E-state index in [4.69, 9.17) is 9.15 Å². The Balaban J connectivity index is 1.60. The lowest BCUT2D eigenvalue weighted by Gasteiger charge is -2.20. The van der Waals surface area contributed by atoms with E-state index in [0.29, 0.717) is 29.9 Å². The number of methoxy groups -OCH3 is 1. The summed E-state index contributed by atoms with van der Waals surface area (Å²) in [7, 11) is -2.05. The Kier molecular flexibility index (Phi) is 6.41. The molecule has 0 unspecified atom stereocenters. The van der Waals surface area contributed by atoms with E-state index in [1.807, 2.05) is 18.2 Å². The summed E-state index contributed by atoms with van der Waals surface area (Å²) in [6.45, 7) is 1.28. The first-order valence-corrected chi connectivity index (χ1v) is 11.9. The summed E-state index contributed by atoms with van der Waals surface area (Å²) in [5.41, 5.74) is 1.64. The van der Waals surface area contributed by atoms with Gasteiger partial charge in [-0.25, -0.2) is 8.42 Å². The number of sulfonamides is 1. The largest absolute Gasteiger partial charge is 0.451 e. The van der Waals surface area contributed by atoms with E-state index >= 15 is 0 Å². The van der Waals surface area contributed by atoms with Crippen LogP contribution in [0.2, 0.25) is 0 Å². The molecule has 1 fully saturated rings. The van der Waals surface area contributed by atoms with Crippen LogP contribution in [0.1, 0.15) is 41.8 Å². The van der Waals surface area contributed by atoms with Crippen LogP contribution in [0.5, 0.6) is 0 Å².